The number of carbonyl (C=O) groups is 1. The zero-order chi connectivity index (χ0) is 16.4. The molecule has 0 atom stereocenters. The standard InChI is InChI=1S/C15H11NO7/c17-15(18)23-12-5-4-11(16(19)20)7-10(12)6-9-2-1-3-13-14(9)22-8-21-13/h1-5,7H,6,8H2,(H,17,18). The van der Waals surface area contributed by atoms with Gasteiger partial charge in [-0.2, -0.15) is 0 Å². The highest BCUT2D eigenvalue weighted by atomic mass is 16.7. The van der Waals surface area contributed by atoms with Crippen molar-refractivity contribution in [2.45, 2.75) is 6.42 Å². The number of nitrogens with zero attached hydrogens (tertiary/aromatic N) is 1. The molecule has 2 aromatic carbocycles. The smallest absolute Gasteiger partial charge is 0.454 e. The van der Waals surface area contributed by atoms with E-state index in [4.69, 9.17) is 19.3 Å². The molecule has 0 amide bonds. The molecule has 0 saturated carbocycles. The molecule has 1 N–H and O–H groups in total. The number of fused-ring (bicyclic) bond motifs is 1. The minimum Gasteiger partial charge on any atom is -0.454 e. The van der Waals surface area contributed by atoms with Gasteiger partial charge in [-0.3, -0.25) is 10.1 Å². The van der Waals surface area contributed by atoms with Gasteiger partial charge in [-0.25, -0.2) is 4.79 Å². The molecule has 0 aromatic heterocycles. The van der Waals surface area contributed by atoms with E-state index < -0.39 is 11.1 Å². The van der Waals surface area contributed by atoms with Crippen molar-refractivity contribution in [2.75, 3.05) is 6.79 Å². The van der Waals surface area contributed by atoms with Gasteiger partial charge in [-0.1, -0.05) is 12.1 Å². The second-order valence-corrected chi connectivity index (χ2v) is 4.74. The van der Waals surface area contributed by atoms with Crippen molar-refractivity contribution < 1.29 is 29.0 Å². The lowest BCUT2D eigenvalue weighted by atomic mass is 10.0. The van der Waals surface area contributed by atoms with Gasteiger partial charge in [0.1, 0.15) is 5.75 Å². The maximum absolute atomic E-state index is 10.9. The third-order valence-electron chi connectivity index (χ3n) is 3.31. The van der Waals surface area contributed by atoms with E-state index in [9.17, 15) is 14.9 Å². The van der Waals surface area contributed by atoms with Crippen LogP contribution < -0.4 is 14.2 Å². The third kappa shape index (κ3) is 3.00. The molecule has 8 heteroatoms. The van der Waals surface area contributed by atoms with Gasteiger partial charge in [0.2, 0.25) is 6.79 Å². The molecule has 0 unspecified atom stereocenters. The van der Waals surface area contributed by atoms with Crippen molar-refractivity contribution in [1.29, 1.82) is 0 Å². The van der Waals surface area contributed by atoms with Gasteiger partial charge in [-0.15, -0.1) is 0 Å². The Morgan fingerprint density at radius 1 is 1.26 bits per heavy atom. The first-order valence-corrected chi connectivity index (χ1v) is 6.60. The first kappa shape index (κ1) is 14.6. The van der Waals surface area contributed by atoms with Gasteiger partial charge < -0.3 is 19.3 Å². The number of non-ortho nitro benzene ring substituents is 1. The summed E-state index contributed by atoms with van der Waals surface area (Å²) in [6, 6.07) is 9.02. The predicted octanol–water partition coefficient (Wildman–Crippen LogP) is 2.97. The molecule has 118 valence electrons. The lowest BCUT2D eigenvalue weighted by molar-refractivity contribution is -0.384. The summed E-state index contributed by atoms with van der Waals surface area (Å²) in [5.41, 5.74) is 0.934. The Hall–Kier alpha value is -3.29. The van der Waals surface area contributed by atoms with E-state index >= 15 is 0 Å². The number of benzene rings is 2. The number of hydrogen-bond acceptors (Lipinski definition) is 6. The fraction of sp³-hybridized carbons (Fsp3) is 0.133. The highest BCUT2D eigenvalue weighted by molar-refractivity contribution is 5.63. The van der Waals surface area contributed by atoms with Crippen LogP contribution in [0.25, 0.3) is 0 Å². The summed E-state index contributed by atoms with van der Waals surface area (Å²) in [5.74, 6) is 1.16. The quantitative estimate of drug-likeness (QED) is 0.399. The van der Waals surface area contributed by atoms with Crippen LogP contribution in [-0.2, 0) is 6.42 Å². The zero-order valence-corrected chi connectivity index (χ0v) is 11.7. The fourth-order valence-electron chi connectivity index (χ4n) is 2.35. The van der Waals surface area contributed by atoms with E-state index in [0.29, 0.717) is 17.1 Å². The monoisotopic (exact) mass is 317 g/mol. The van der Waals surface area contributed by atoms with E-state index in [0.717, 1.165) is 5.56 Å². The average Bonchev–Trinajstić information content (AvgIpc) is 2.98. The van der Waals surface area contributed by atoms with Crippen molar-refractivity contribution in [2.24, 2.45) is 0 Å². The predicted molar refractivity (Wildman–Crippen MR) is 77.1 cm³/mol. The number of nitro groups is 1. The first-order chi connectivity index (χ1) is 11.0. The summed E-state index contributed by atoms with van der Waals surface area (Å²) in [5, 5.41) is 19.7. The molecule has 2 aromatic rings. The van der Waals surface area contributed by atoms with Crippen molar-refractivity contribution in [1.82, 2.24) is 0 Å². The number of ether oxygens (including phenoxy) is 3. The van der Waals surface area contributed by atoms with Crippen molar-refractivity contribution in [3.05, 3.63) is 57.6 Å². The summed E-state index contributed by atoms with van der Waals surface area (Å²) >= 11 is 0. The maximum Gasteiger partial charge on any atom is 0.511 e. The van der Waals surface area contributed by atoms with Crippen molar-refractivity contribution >= 4 is 11.8 Å². The Bertz CT molecular complexity index is 787. The van der Waals surface area contributed by atoms with E-state index in [2.05, 4.69) is 0 Å². The summed E-state index contributed by atoms with van der Waals surface area (Å²) in [6.07, 6.45) is -1.28. The van der Waals surface area contributed by atoms with E-state index in [1.807, 2.05) is 0 Å². The van der Waals surface area contributed by atoms with Gasteiger partial charge in [0.25, 0.3) is 5.69 Å². The van der Waals surface area contributed by atoms with Crippen LogP contribution in [0.4, 0.5) is 10.5 Å². The number of hydrogen-bond donors (Lipinski definition) is 1. The van der Waals surface area contributed by atoms with Crippen LogP contribution in [0.5, 0.6) is 17.2 Å². The molecule has 0 spiro atoms. The largest absolute Gasteiger partial charge is 0.511 e. The molecule has 1 heterocycles. The van der Waals surface area contributed by atoms with Crippen molar-refractivity contribution in [3.63, 3.8) is 0 Å². The van der Waals surface area contributed by atoms with Crippen LogP contribution in [0, 0.1) is 10.1 Å². The Kier molecular flexibility index (Phi) is 3.71. The van der Waals surface area contributed by atoms with Crippen LogP contribution in [0.15, 0.2) is 36.4 Å². The van der Waals surface area contributed by atoms with Gasteiger partial charge in [0, 0.05) is 29.7 Å². The summed E-state index contributed by atoms with van der Waals surface area (Å²) in [4.78, 5) is 21.2. The molecule has 0 aliphatic carbocycles. The minimum absolute atomic E-state index is 0.0413. The SMILES string of the molecule is O=C(O)Oc1ccc([N+](=O)[O-])cc1Cc1cccc2c1OCO2. The first-order valence-electron chi connectivity index (χ1n) is 6.60. The zero-order valence-electron chi connectivity index (χ0n) is 11.7. The van der Waals surface area contributed by atoms with Crippen LogP contribution in [-0.4, -0.2) is 23.0 Å². The second-order valence-electron chi connectivity index (χ2n) is 4.74. The molecule has 3 rings (SSSR count). The Balaban J connectivity index is 2.00. The normalized spacial score (nSPS) is 12.0. The van der Waals surface area contributed by atoms with Crippen LogP contribution in [0.1, 0.15) is 11.1 Å². The lowest BCUT2D eigenvalue weighted by Crippen LogP contribution is -2.06. The molecule has 23 heavy (non-hydrogen) atoms. The molecular weight excluding hydrogens is 306 g/mol. The number of carboxylic acid groups (broad SMARTS) is 1. The maximum atomic E-state index is 10.9. The van der Waals surface area contributed by atoms with E-state index in [-0.39, 0.29) is 24.7 Å². The van der Waals surface area contributed by atoms with E-state index in [1.54, 1.807) is 18.2 Å². The van der Waals surface area contributed by atoms with Gasteiger partial charge in [0.15, 0.2) is 11.5 Å². The number of nitro benzene ring substituents is 1. The fourth-order valence-corrected chi connectivity index (χ4v) is 2.35. The molecule has 0 fully saturated rings. The topological polar surface area (TPSA) is 108 Å². The molecule has 0 radical (unpaired) electrons. The van der Waals surface area contributed by atoms with Gasteiger partial charge >= 0.3 is 6.16 Å². The summed E-state index contributed by atoms with van der Waals surface area (Å²) in [7, 11) is 0. The second kappa shape index (κ2) is 5.84. The number of para-hydroxylation sites is 1. The van der Waals surface area contributed by atoms with Crippen LogP contribution >= 0.6 is 0 Å². The lowest BCUT2D eigenvalue weighted by Gasteiger charge is -2.10. The molecule has 1 aliphatic rings. The van der Waals surface area contributed by atoms with Crippen molar-refractivity contribution in [3.8, 4) is 17.2 Å². The minimum atomic E-state index is -1.49. The van der Waals surface area contributed by atoms with Gasteiger partial charge in [0.05, 0.1) is 4.92 Å². The molecule has 1 aliphatic heterocycles. The van der Waals surface area contributed by atoms with Crippen LogP contribution in [0.3, 0.4) is 0 Å². The third-order valence-corrected chi connectivity index (χ3v) is 3.31. The average molecular weight is 317 g/mol. The summed E-state index contributed by atoms with van der Waals surface area (Å²) in [6.45, 7) is 0.0970. The Morgan fingerprint density at radius 3 is 2.83 bits per heavy atom. The Labute approximate surface area is 130 Å². The Morgan fingerprint density at radius 2 is 2.09 bits per heavy atom. The van der Waals surface area contributed by atoms with Gasteiger partial charge in [-0.05, 0) is 12.1 Å². The number of rotatable bonds is 4. The highest BCUT2D eigenvalue weighted by Crippen LogP contribution is 2.38. The highest BCUT2D eigenvalue weighted by Gasteiger charge is 2.20. The molecule has 8 nitrogen and oxygen atoms in total. The van der Waals surface area contributed by atoms with E-state index in [1.165, 1.54) is 18.2 Å². The van der Waals surface area contributed by atoms with Crippen LogP contribution in [0.2, 0.25) is 0 Å². The molecule has 0 saturated heterocycles. The summed E-state index contributed by atoms with van der Waals surface area (Å²) < 4.78 is 15.4. The molecular formula is C15H11NO7. The molecule has 0 bridgehead atoms.